The van der Waals surface area contributed by atoms with Gasteiger partial charge in [0.15, 0.2) is 0 Å². The van der Waals surface area contributed by atoms with Crippen molar-refractivity contribution in [3.8, 4) is 5.75 Å². The zero-order valence-corrected chi connectivity index (χ0v) is 11.8. The molecule has 1 amide bonds. The summed E-state index contributed by atoms with van der Waals surface area (Å²) in [5.74, 6) is -0.438. The van der Waals surface area contributed by atoms with Gasteiger partial charge < -0.3 is 15.2 Å². The molecule has 0 unspecified atom stereocenters. The van der Waals surface area contributed by atoms with Crippen LogP contribution in [0, 0.1) is 5.41 Å². The molecular weight excluding hydrogens is 270 g/mol. The summed E-state index contributed by atoms with van der Waals surface area (Å²) in [5, 5.41) is 11.9. The molecule has 1 aliphatic rings. The summed E-state index contributed by atoms with van der Waals surface area (Å²) in [6.45, 7) is 4.15. The molecule has 0 aromatic heterocycles. The second kappa shape index (κ2) is 6.43. The van der Waals surface area contributed by atoms with Gasteiger partial charge in [-0.05, 0) is 37.1 Å². The lowest BCUT2D eigenvalue weighted by Crippen LogP contribution is -2.47. The predicted molar refractivity (Wildman–Crippen MR) is 78.4 cm³/mol. The molecule has 2 rings (SSSR count). The van der Waals surface area contributed by atoms with Crippen LogP contribution in [-0.4, -0.2) is 30.1 Å². The van der Waals surface area contributed by atoms with Gasteiger partial charge in [0, 0.05) is 12.1 Å². The number of carbonyl (C=O) groups is 2. The lowest BCUT2D eigenvalue weighted by Gasteiger charge is -2.37. The third kappa shape index (κ3) is 3.42. The van der Waals surface area contributed by atoms with Crippen molar-refractivity contribution in [3.05, 3.63) is 42.5 Å². The number of rotatable bonds is 7. The third-order valence-electron chi connectivity index (χ3n) is 3.84. The largest absolute Gasteiger partial charge is 0.490 e. The van der Waals surface area contributed by atoms with Gasteiger partial charge in [0.1, 0.15) is 12.4 Å². The van der Waals surface area contributed by atoms with Gasteiger partial charge in [-0.25, -0.2) is 0 Å². The minimum Gasteiger partial charge on any atom is -0.490 e. The fourth-order valence-electron chi connectivity index (χ4n) is 2.28. The number of carboxylic acid groups (broad SMARTS) is 1. The van der Waals surface area contributed by atoms with E-state index < -0.39 is 11.4 Å². The van der Waals surface area contributed by atoms with E-state index in [1.54, 1.807) is 30.3 Å². The monoisotopic (exact) mass is 289 g/mol. The Morgan fingerprint density at radius 1 is 1.33 bits per heavy atom. The van der Waals surface area contributed by atoms with Crippen LogP contribution in [0.5, 0.6) is 5.75 Å². The van der Waals surface area contributed by atoms with Crippen molar-refractivity contribution in [2.45, 2.75) is 19.3 Å². The molecule has 5 heteroatoms. The summed E-state index contributed by atoms with van der Waals surface area (Å²) < 4.78 is 5.33. The number of hydrogen-bond donors (Lipinski definition) is 2. The zero-order valence-electron chi connectivity index (χ0n) is 11.8. The van der Waals surface area contributed by atoms with Crippen LogP contribution in [0.15, 0.2) is 36.9 Å². The van der Waals surface area contributed by atoms with E-state index in [-0.39, 0.29) is 12.5 Å². The van der Waals surface area contributed by atoms with Crippen LogP contribution in [0.1, 0.15) is 29.6 Å². The Morgan fingerprint density at radius 2 is 2.00 bits per heavy atom. The lowest BCUT2D eigenvalue weighted by molar-refractivity contribution is -0.153. The van der Waals surface area contributed by atoms with Crippen LogP contribution in [0.3, 0.4) is 0 Å². The number of carboxylic acids is 1. The average molecular weight is 289 g/mol. The van der Waals surface area contributed by atoms with Crippen LogP contribution < -0.4 is 10.1 Å². The van der Waals surface area contributed by atoms with Crippen molar-refractivity contribution in [2.75, 3.05) is 13.2 Å². The minimum absolute atomic E-state index is 0.176. The number of ether oxygens (including phenoxy) is 1. The standard InChI is InChI=1S/C16H19NO4/c1-2-10-21-13-6-4-12(5-7-13)14(18)17-11-16(15(19)20)8-3-9-16/h2,4-7H,1,3,8-11H2,(H,17,18)(H,19,20). The molecular formula is C16H19NO4. The summed E-state index contributed by atoms with van der Waals surface area (Å²) in [7, 11) is 0. The molecule has 0 saturated heterocycles. The number of amides is 1. The number of benzene rings is 1. The summed E-state index contributed by atoms with van der Waals surface area (Å²) >= 11 is 0. The Morgan fingerprint density at radius 3 is 2.48 bits per heavy atom. The van der Waals surface area contributed by atoms with E-state index in [1.807, 2.05) is 0 Å². The molecule has 0 spiro atoms. The quantitative estimate of drug-likeness (QED) is 0.755. The summed E-state index contributed by atoms with van der Waals surface area (Å²) in [6, 6.07) is 6.72. The maximum atomic E-state index is 12.0. The highest BCUT2D eigenvalue weighted by Gasteiger charge is 2.44. The van der Waals surface area contributed by atoms with Crippen molar-refractivity contribution in [2.24, 2.45) is 5.41 Å². The molecule has 0 bridgehead atoms. The summed E-state index contributed by atoms with van der Waals surface area (Å²) in [5.41, 5.74) is -0.288. The first kappa shape index (κ1) is 15.1. The van der Waals surface area contributed by atoms with E-state index in [2.05, 4.69) is 11.9 Å². The van der Waals surface area contributed by atoms with Gasteiger partial charge in [-0.15, -0.1) is 0 Å². The SMILES string of the molecule is C=CCOc1ccc(C(=O)NCC2(C(=O)O)CCC2)cc1. The topological polar surface area (TPSA) is 75.6 Å². The van der Waals surface area contributed by atoms with Gasteiger partial charge in [-0.2, -0.15) is 0 Å². The molecule has 112 valence electrons. The van der Waals surface area contributed by atoms with Gasteiger partial charge in [-0.3, -0.25) is 9.59 Å². The molecule has 1 aliphatic carbocycles. The summed E-state index contributed by atoms with van der Waals surface area (Å²) in [4.78, 5) is 23.2. The van der Waals surface area contributed by atoms with E-state index in [1.165, 1.54) is 0 Å². The van der Waals surface area contributed by atoms with E-state index in [9.17, 15) is 14.7 Å². The molecule has 2 N–H and O–H groups in total. The van der Waals surface area contributed by atoms with Crippen molar-refractivity contribution in [1.82, 2.24) is 5.32 Å². The number of carbonyl (C=O) groups excluding carboxylic acids is 1. The van der Waals surface area contributed by atoms with Crippen LogP contribution in [0.25, 0.3) is 0 Å². The van der Waals surface area contributed by atoms with Crippen molar-refractivity contribution < 1.29 is 19.4 Å². The van der Waals surface area contributed by atoms with Crippen LogP contribution in [0.2, 0.25) is 0 Å². The number of hydrogen-bond acceptors (Lipinski definition) is 3. The smallest absolute Gasteiger partial charge is 0.311 e. The number of aliphatic carboxylic acids is 1. The van der Waals surface area contributed by atoms with Gasteiger partial charge in [0.25, 0.3) is 5.91 Å². The van der Waals surface area contributed by atoms with Crippen molar-refractivity contribution in [3.63, 3.8) is 0 Å². The van der Waals surface area contributed by atoms with Crippen LogP contribution >= 0.6 is 0 Å². The normalized spacial score (nSPS) is 15.6. The molecule has 1 aromatic rings. The molecule has 1 saturated carbocycles. The first-order chi connectivity index (χ1) is 10.1. The Hall–Kier alpha value is -2.30. The van der Waals surface area contributed by atoms with E-state index in [0.29, 0.717) is 30.8 Å². The first-order valence-electron chi connectivity index (χ1n) is 6.93. The average Bonchev–Trinajstić information content (AvgIpc) is 2.44. The van der Waals surface area contributed by atoms with Crippen LogP contribution in [-0.2, 0) is 4.79 Å². The van der Waals surface area contributed by atoms with Gasteiger partial charge in [-0.1, -0.05) is 19.1 Å². The zero-order chi connectivity index (χ0) is 15.3. The molecule has 0 atom stereocenters. The van der Waals surface area contributed by atoms with Gasteiger partial charge in [0.2, 0.25) is 0 Å². The van der Waals surface area contributed by atoms with E-state index >= 15 is 0 Å². The first-order valence-corrected chi connectivity index (χ1v) is 6.93. The fourth-order valence-corrected chi connectivity index (χ4v) is 2.28. The third-order valence-corrected chi connectivity index (χ3v) is 3.84. The molecule has 0 radical (unpaired) electrons. The molecule has 0 heterocycles. The van der Waals surface area contributed by atoms with Crippen molar-refractivity contribution in [1.29, 1.82) is 0 Å². The number of nitrogens with one attached hydrogen (secondary N) is 1. The minimum atomic E-state index is -0.831. The highest BCUT2D eigenvalue weighted by atomic mass is 16.5. The maximum Gasteiger partial charge on any atom is 0.311 e. The highest BCUT2D eigenvalue weighted by Crippen LogP contribution is 2.40. The van der Waals surface area contributed by atoms with E-state index in [4.69, 9.17) is 4.74 Å². The Bertz CT molecular complexity index is 532. The molecule has 1 fully saturated rings. The molecule has 0 aliphatic heterocycles. The second-order valence-corrected chi connectivity index (χ2v) is 5.25. The Labute approximate surface area is 123 Å². The predicted octanol–water partition coefficient (Wildman–Crippen LogP) is 2.24. The van der Waals surface area contributed by atoms with E-state index in [0.717, 1.165) is 6.42 Å². The molecule has 1 aromatic carbocycles. The van der Waals surface area contributed by atoms with Crippen LogP contribution in [0.4, 0.5) is 0 Å². The maximum absolute atomic E-state index is 12.0. The second-order valence-electron chi connectivity index (χ2n) is 5.25. The van der Waals surface area contributed by atoms with Crippen molar-refractivity contribution >= 4 is 11.9 Å². The molecule has 21 heavy (non-hydrogen) atoms. The molecule has 5 nitrogen and oxygen atoms in total. The highest BCUT2D eigenvalue weighted by molar-refractivity contribution is 5.94. The van der Waals surface area contributed by atoms with Gasteiger partial charge in [0.05, 0.1) is 5.41 Å². The summed E-state index contributed by atoms with van der Waals surface area (Å²) in [6.07, 6.45) is 3.79. The van der Waals surface area contributed by atoms with Gasteiger partial charge >= 0.3 is 5.97 Å². The lowest BCUT2D eigenvalue weighted by atomic mass is 9.69. The Balaban J connectivity index is 1.91. The fraction of sp³-hybridized carbons (Fsp3) is 0.375. The Kier molecular flexibility index (Phi) is 4.62.